The molecule has 0 radical (unpaired) electrons. The number of benzene rings is 3. The van der Waals surface area contributed by atoms with E-state index in [1.54, 1.807) is 36.4 Å². The van der Waals surface area contributed by atoms with Crippen molar-refractivity contribution in [2.75, 3.05) is 18.4 Å². The number of anilines is 1. The van der Waals surface area contributed by atoms with Crippen LogP contribution in [0.3, 0.4) is 0 Å². The summed E-state index contributed by atoms with van der Waals surface area (Å²) >= 11 is 0. The van der Waals surface area contributed by atoms with Gasteiger partial charge in [0.15, 0.2) is 11.5 Å². The highest BCUT2D eigenvalue weighted by Crippen LogP contribution is 2.42. The highest BCUT2D eigenvalue weighted by molar-refractivity contribution is 7.89. The van der Waals surface area contributed by atoms with Crippen molar-refractivity contribution >= 4 is 21.6 Å². The molecule has 3 aromatic rings. The zero-order valence-electron chi connectivity index (χ0n) is 18.0. The minimum absolute atomic E-state index is 0.0447. The SMILES string of the molecule is O=C1Nc2ccccc2Oc2cc(Oc3ccccc3)c(S(=O)(=O)N3CCCCCC3)cc21. The van der Waals surface area contributed by atoms with Gasteiger partial charge < -0.3 is 14.8 Å². The Labute approximate surface area is 193 Å². The molecule has 1 amide bonds. The summed E-state index contributed by atoms with van der Waals surface area (Å²) in [6.45, 7) is 0.886. The molecule has 0 unspecified atom stereocenters. The fraction of sp³-hybridized carbons (Fsp3) is 0.240. The number of sulfonamides is 1. The molecule has 2 aliphatic rings. The maximum absolute atomic E-state index is 13.7. The maximum atomic E-state index is 13.7. The minimum atomic E-state index is -3.90. The number of nitrogens with one attached hydrogen (secondary N) is 1. The molecule has 3 aromatic carbocycles. The van der Waals surface area contributed by atoms with Crippen LogP contribution in [0.15, 0.2) is 71.6 Å². The summed E-state index contributed by atoms with van der Waals surface area (Å²) < 4.78 is 41.0. The molecule has 0 saturated carbocycles. The summed E-state index contributed by atoms with van der Waals surface area (Å²) in [6.07, 6.45) is 3.60. The molecule has 0 aromatic heterocycles. The second-order valence-electron chi connectivity index (χ2n) is 8.08. The van der Waals surface area contributed by atoms with E-state index in [9.17, 15) is 13.2 Å². The zero-order chi connectivity index (χ0) is 22.8. The predicted octanol–water partition coefficient (Wildman–Crippen LogP) is 5.40. The molecular weight excluding hydrogens is 440 g/mol. The van der Waals surface area contributed by atoms with Gasteiger partial charge in [-0.05, 0) is 43.2 Å². The van der Waals surface area contributed by atoms with Crippen LogP contribution in [0.1, 0.15) is 36.0 Å². The molecule has 1 N–H and O–H groups in total. The number of hydrogen-bond acceptors (Lipinski definition) is 5. The summed E-state index contributed by atoms with van der Waals surface area (Å²) in [4.78, 5) is 13.0. The van der Waals surface area contributed by atoms with Crippen LogP contribution in [0.5, 0.6) is 23.0 Å². The lowest BCUT2D eigenvalue weighted by atomic mass is 10.1. The van der Waals surface area contributed by atoms with Crippen LogP contribution >= 0.6 is 0 Å². The highest BCUT2D eigenvalue weighted by Gasteiger charge is 2.32. The average molecular weight is 465 g/mol. The van der Waals surface area contributed by atoms with Crippen molar-refractivity contribution in [1.82, 2.24) is 4.31 Å². The van der Waals surface area contributed by atoms with Gasteiger partial charge in [-0.3, -0.25) is 4.79 Å². The van der Waals surface area contributed by atoms with Crippen molar-refractivity contribution in [3.8, 4) is 23.0 Å². The first-order valence-electron chi connectivity index (χ1n) is 11.0. The zero-order valence-corrected chi connectivity index (χ0v) is 18.8. The van der Waals surface area contributed by atoms with E-state index >= 15 is 0 Å². The van der Waals surface area contributed by atoms with E-state index in [0.717, 1.165) is 25.7 Å². The number of para-hydroxylation sites is 3. The highest BCUT2D eigenvalue weighted by atomic mass is 32.2. The molecule has 0 bridgehead atoms. The van der Waals surface area contributed by atoms with Crippen molar-refractivity contribution in [3.05, 3.63) is 72.3 Å². The molecule has 0 aliphatic carbocycles. The number of carbonyl (C=O) groups excluding carboxylic acids is 1. The summed E-state index contributed by atoms with van der Waals surface area (Å²) in [7, 11) is -3.90. The van der Waals surface area contributed by atoms with Crippen molar-refractivity contribution in [3.63, 3.8) is 0 Å². The topological polar surface area (TPSA) is 84.9 Å². The van der Waals surface area contributed by atoms with Gasteiger partial charge in [0.1, 0.15) is 16.4 Å². The van der Waals surface area contributed by atoms with E-state index < -0.39 is 15.9 Å². The van der Waals surface area contributed by atoms with E-state index in [1.807, 2.05) is 18.2 Å². The van der Waals surface area contributed by atoms with Gasteiger partial charge >= 0.3 is 0 Å². The van der Waals surface area contributed by atoms with Gasteiger partial charge in [-0.15, -0.1) is 0 Å². The first-order valence-corrected chi connectivity index (χ1v) is 12.5. The van der Waals surface area contributed by atoms with Gasteiger partial charge in [0.05, 0.1) is 11.3 Å². The second kappa shape index (κ2) is 8.88. The lowest BCUT2D eigenvalue weighted by molar-refractivity contribution is 0.102. The maximum Gasteiger partial charge on any atom is 0.259 e. The van der Waals surface area contributed by atoms with Crippen LogP contribution in [0.4, 0.5) is 5.69 Å². The third-order valence-electron chi connectivity index (χ3n) is 5.80. The molecule has 1 saturated heterocycles. The summed E-state index contributed by atoms with van der Waals surface area (Å²) in [6, 6.07) is 18.9. The van der Waals surface area contributed by atoms with Crippen LogP contribution < -0.4 is 14.8 Å². The Morgan fingerprint density at radius 2 is 1.55 bits per heavy atom. The minimum Gasteiger partial charge on any atom is -0.456 e. The van der Waals surface area contributed by atoms with Crippen LogP contribution in [0.2, 0.25) is 0 Å². The van der Waals surface area contributed by atoms with Gasteiger partial charge in [0.25, 0.3) is 5.91 Å². The van der Waals surface area contributed by atoms with Crippen LogP contribution in [0.25, 0.3) is 0 Å². The summed E-state index contributed by atoms with van der Waals surface area (Å²) in [5.74, 6) is 0.879. The summed E-state index contributed by atoms with van der Waals surface area (Å²) in [5, 5.41) is 2.80. The Morgan fingerprint density at radius 3 is 2.30 bits per heavy atom. The Balaban J connectivity index is 1.64. The normalized spacial score (nSPS) is 16.4. The van der Waals surface area contributed by atoms with Gasteiger partial charge in [0.2, 0.25) is 10.0 Å². The number of amides is 1. The number of ether oxygens (including phenoxy) is 2. The predicted molar refractivity (Wildman–Crippen MR) is 125 cm³/mol. The van der Waals surface area contributed by atoms with Gasteiger partial charge in [0, 0.05) is 19.2 Å². The lowest BCUT2D eigenvalue weighted by Gasteiger charge is -2.22. The third-order valence-corrected chi connectivity index (χ3v) is 7.72. The number of rotatable bonds is 4. The first-order chi connectivity index (χ1) is 16.0. The van der Waals surface area contributed by atoms with Crippen LogP contribution in [0, 0.1) is 0 Å². The van der Waals surface area contributed by atoms with Crippen molar-refractivity contribution in [2.45, 2.75) is 30.6 Å². The molecule has 33 heavy (non-hydrogen) atoms. The van der Waals surface area contributed by atoms with Crippen LogP contribution in [-0.2, 0) is 10.0 Å². The molecule has 8 heteroatoms. The Hall–Kier alpha value is -3.36. The third kappa shape index (κ3) is 4.31. The van der Waals surface area contributed by atoms with E-state index in [0.29, 0.717) is 30.3 Å². The standard InChI is InChI=1S/C25H24N2O5S/c28-25-19-16-24(33(29,30)27-14-8-1-2-9-15-27)23(31-18-10-4-3-5-11-18)17-22(19)32-21-13-7-6-12-20(21)26-25/h3-7,10-13,16-17H,1-2,8-9,14-15H2,(H,26,28). The number of nitrogens with zero attached hydrogens (tertiary/aromatic N) is 1. The largest absolute Gasteiger partial charge is 0.456 e. The number of carbonyl (C=O) groups is 1. The molecule has 1 fully saturated rings. The van der Waals surface area contributed by atoms with Crippen molar-refractivity contribution < 1.29 is 22.7 Å². The van der Waals surface area contributed by atoms with Gasteiger partial charge in [-0.2, -0.15) is 4.31 Å². The molecule has 0 spiro atoms. The van der Waals surface area contributed by atoms with Gasteiger partial charge in [-0.25, -0.2) is 8.42 Å². The van der Waals surface area contributed by atoms with Gasteiger partial charge in [-0.1, -0.05) is 43.2 Å². The first kappa shape index (κ1) is 21.5. The monoisotopic (exact) mass is 464 g/mol. The fourth-order valence-electron chi connectivity index (χ4n) is 4.09. The molecule has 170 valence electrons. The smallest absolute Gasteiger partial charge is 0.259 e. The molecule has 2 aliphatic heterocycles. The Kier molecular flexibility index (Phi) is 5.78. The molecule has 7 nitrogen and oxygen atoms in total. The Bertz CT molecular complexity index is 1280. The summed E-state index contributed by atoms with van der Waals surface area (Å²) in [5.41, 5.74) is 0.654. The number of hydrogen-bond donors (Lipinski definition) is 1. The van der Waals surface area contributed by atoms with E-state index in [1.165, 1.54) is 16.4 Å². The van der Waals surface area contributed by atoms with E-state index in [4.69, 9.17) is 9.47 Å². The quantitative estimate of drug-likeness (QED) is 0.559. The molecule has 5 rings (SSSR count). The average Bonchev–Trinajstić information content (AvgIpc) is 3.17. The fourth-order valence-corrected chi connectivity index (χ4v) is 5.73. The molecule has 2 heterocycles. The van der Waals surface area contributed by atoms with Crippen molar-refractivity contribution in [2.24, 2.45) is 0 Å². The van der Waals surface area contributed by atoms with E-state index in [-0.39, 0.29) is 22.0 Å². The number of fused-ring (bicyclic) bond motifs is 2. The Morgan fingerprint density at radius 1 is 0.848 bits per heavy atom. The van der Waals surface area contributed by atoms with E-state index in [2.05, 4.69) is 5.32 Å². The molecular formula is C25H24N2O5S. The second-order valence-corrected chi connectivity index (χ2v) is 9.99. The van der Waals surface area contributed by atoms with Crippen LogP contribution in [-0.4, -0.2) is 31.7 Å². The molecule has 0 atom stereocenters. The van der Waals surface area contributed by atoms with Crippen molar-refractivity contribution in [1.29, 1.82) is 0 Å². The lowest BCUT2D eigenvalue weighted by Crippen LogP contribution is -2.32.